The second-order valence-corrected chi connectivity index (χ2v) is 4.65. The molecule has 1 amide bonds. The molecule has 1 saturated heterocycles. The molecule has 1 fully saturated rings. The molecule has 5 nitrogen and oxygen atoms in total. The largest absolute Gasteiger partial charge is 0.384 e. The van der Waals surface area contributed by atoms with Crippen molar-refractivity contribution in [3.63, 3.8) is 0 Å². The van der Waals surface area contributed by atoms with Crippen LogP contribution in [0, 0.1) is 11.8 Å². The molecule has 1 N–H and O–H groups in total. The van der Waals surface area contributed by atoms with Crippen LogP contribution >= 0.6 is 0 Å². The lowest BCUT2D eigenvalue weighted by molar-refractivity contribution is 0.0350. The van der Waals surface area contributed by atoms with E-state index in [0.717, 1.165) is 12.8 Å². The molecule has 0 spiro atoms. The number of pyridine rings is 1. The van der Waals surface area contributed by atoms with E-state index in [1.807, 2.05) is 4.90 Å². The molecule has 0 atom stereocenters. The summed E-state index contributed by atoms with van der Waals surface area (Å²) >= 11 is 0. The van der Waals surface area contributed by atoms with Crippen molar-refractivity contribution < 1.29 is 14.6 Å². The van der Waals surface area contributed by atoms with E-state index in [1.165, 1.54) is 0 Å². The van der Waals surface area contributed by atoms with E-state index < -0.39 is 0 Å². The number of carbonyl (C=O) groups is 1. The van der Waals surface area contributed by atoms with Gasteiger partial charge in [-0.3, -0.25) is 9.78 Å². The van der Waals surface area contributed by atoms with E-state index >= 15 is 0 Å². The van der Waals surface area contributed by atoms with Crippen LogP contribution in [0.3, 0.4) is 0 Å². The van der Waals surface area contributed by atoms with Crippen LogP contribution in [0.4, 0.5) is 0 Å². The number of aliphatic hydroxyl groups is 1. The van der Waals surface area contributed by atoms with Crippen molar-refractivity contribution in [2.24, 2.45) is 0 Å². The minimum Gasteiger partial charge on any atom is -0.384 e. The highest BCUT2D eigenvalue weighted by molar-refractivity contribution is 5.94. The van der Waals surface area contributed by atoms with Crippen LogP contribution in [-0.2, 0) is 4.74 Å². The molecular formula is C15H18N2O3. The lowest BCUT2D eigenvalue weighted by atomic mass is 10.1. The Kier molecular flexibility index (Phi) is 5.10. The molecule has 2 heterocycles. The van der Waals surface area contributed by atoms with Gasteiger partial charge in [-0.1, -0.05) is 11.8 Å². The second-order valence-electron chi connectivity index (χ2n) is 4.65. The van der Waals surface area contributed by atoms with Crippen LogP contribution in [0.2, 0.25) is 0 Å². The first-order valence-electron chi connectivity index (χ1n) is 6.61. The van der Waals surface area contributed by atoms with Gasteiger partial charge in [0.2, 0.25) is 0 Å². The Hall–Kier alpha value is -1.90. The standard InChI is InChI=1S/C15H18N2O3/c1-20-14-4-6-17(7-5-14)15(19)13-9-12(3-2-8-18)10-16-11-13/h9-11,14,18H,4-8H2,1H3. The first-order chi connectivity index (χ1) is 9.74. The topological polar surface area (TPSA) is 62.7 Å². The SMILES string of the molecule is COC1CCN(C(=O)c2cncc(C#CCO)c2)CC1. The molecule has 1 aromatic heterocycles. The number of rotatable bonds is 2. The van der Waals surface area contributed by atoms with E-state index in [2.05, 4.69) is 16.8 Å². The minimum atomic E-state index is -0.206. The molecule has 5 heteroatoms. The van der Waals surface area contributed by atoms with Crippen LogP contribution in [0.5, 0.6) is 0 Å². The van der Waals surface area contributed by atoms with Crippen LogP contribution < -0.4 is 0 Å². The minimum absolute atomic E-state index is 0.0281. The number of carbonyl (C=O) groups excluding carboxylic acids is 1. The molecular weight excluding hydrogens is 256 g/mol. The molecule has 106 valence electrons. The number of hydrogen-bond acceptors (Lipinski definition) is 4. The molecule has 0 radical (unpaired) electrons. The van der Waals surface area contributed by atoms with E-state index in [-0.39, 0.29) is 18.6 Å². The van der Waals surface area contributed by atoms with Crippen molar-refractivity contribution in [1.29, 1.82) is 0 Å². The second kappa shape index (κ2) is 7.04. The molecule has 0 aromatic carbocycles. The molecule has 1 aliphatic heterocycles. The zero-order valence-corrected chi connectivity index (χ0v) is 11.5. The third-order valence-corrected chi connectivity index (χ3v) is 3.36. The summed E-state index contributed by atoms with van der Waals surface area (Å²) in [5.74, 6) is 5.28. The predicted molar refractivity (Wildman–Crippen MR) is 74.1 cm³/mol. The Labute approximate surface area is 118 Å². The van der Waals surface area contributed by atoms with Crippen molar-refractivity contribution in [2.75, 3.05) is 26.8 Å². The molecule has 1 aromatic rings. The Bertz CT molecular complexity index is 525. The van der Waals surface area contributed by atoms with E-state index in [0.29, 0.717) is 24.2 Å². The normalized spacial score (nSPS) is 15.6. The van der Waals surface area contributed by atoms with Crippen LogP contribution in [0.1, 0.15) is 28.8 Å². The predicted octanol–water partition coefficient (Wildman–Crippen LogP) is 0.676. The monoisotopic (exact) mass is 274 g/mol. The fraction of sp³-hybridized carbons (Fsp3) is 0.467. The van der Waals surface area contributed by atoms with Crippen LogP contribution in [-0.4, -0.2) is 53.8 Å². The van der Waals surface area contributed by atoms with Gasteiger partial charge in [0.05, 0.1) is 11.7 Å². The zero-order chi connectivity index (χ0) is 14.4. The Balaban J connectivity index is 2.06. The van der Waals surface area contributed by atoms with Crippen molar-refractivity contribution in [3.8, 4) is 11.8 Å². The number of piperidine rings is 1. The number of hydrogen-bond donors (Lipinski definition) is 1. The lowest BCUT2D eigenvalue weighted by Crippen LogP contribution is -2.40. The number of ether oxygens (including phenoxy) is 1. The summed E-state index contributed by atoms with van der Waals surface area (Å²) in [5.41, 5.74) is 1.17. The average Bonchev–Trinajstić information content (AvgIpc) is 2.52. The highest BCUT2D eigenvalue weighted by Gasteiger charge is 2.23. The third kappa shape index (κ3) is 3.56. The molecule has 0 bridgehead atoms. The highest BCUT2D eigenvalue weighted by atomic mass is 16.5. The van der Waals surface area contributed by atoms with Gasteiger partial charge < -0.3 is 14.7 Å². The van der Waals surface area contributed by atoms with Gasteiger partial charge in [0.1, 0.15) is 6.61 Å². The zero-order valence-electron chi connectivity index (χ0n) is 11.5. The fourth-order valence-electron chi connectivity index (χ4n) is 2.24. The summed E-state index contributed by atoms with van der Waals surface area (Å²) in [6, 6.07) is 1.71. The van der Waals surface area contributed by atoms with Crippen LogP contribution in [0.15, 0.2) is 18.5 Å². The van der Waals surface area contributed by atoms with Gasteiger partial charge in [-0.25, -0.2) is 0 Å². The maximum absolute atomic E-state index is 12.4. The number of nitrogens with zero attached hydrogens (tertiary/aromatic N) is 2. The fourth-order valence-corrected chi connectivity index (χ4v) is 2.24. The maximum Gasteiger partial charge on any atom is 0.255 e. The molecule has 2 rings (SSSR count). The number of amides is 1. The molecule has 0 aliphatic carbocycles. The van der Waals surface area contributed by atoms with Crippen molar-refractivity contribution in [3.05, 3.63) is 29.6 Å². The molecule has 0 unspecified atom stereocenters. The molecule has 20 heavy (non-hydrogen) atoms. The third-order valence-electron chi connectivity index (χ3n) is 3.36. The van der Waals surface area contributed by atoms with Gasteiger partial charge in [0, 0.05) is 38.2 Å². The van der Waals surface area contributed by atoms with Crippen molar-refractivity contribution >= 4 is 5.91 Å². The Morgan fingerprint density at radius 1 is 1.50 bits per heavy atom. The first-order valence-corrected chi connectivity index (χ1v) is 6.61. The van der Waals surface area contributed by atoms with Gasteiger partial charge >= 0.3 is 0 Å². The number of methoxy groups -OCH3 is 1. The van der Waals surface area contributed by atoms with Crippen molar-refractivity contribution in [2.45, 2.75) is 18.9 Å². The van der Waals surface area contributed by atoms with Crippen molar-refractivity contribution in [1.82, 2.24) is 9.88 Å². The first kappa shape index (κ1) is 14.5. The molecule has 1 aliphatic rings. The van der Waals surface area contributed by atoms with Gasteiger partial charge in [0.25, 0.3) is 5.91 Å². The lowest BCUT2D eigenvalue weighted by Gasteiger charge is -2.31. The van der Waals surface area contributed by atoms with Gasteiger partial charge in [0.15, 0.2) is 0 Å². The quantitative estimate of drug-likeness (QED) is 0.805. The Morgan fingerprint density at radius 3 is 2.90 bits per heavy atom. The van der Waals surface area contributed by atoms with E-state index in [9.17, 15) is 4.79 Å². The van der Waals surface area contributed by atoms with Gasteiger partial charge in [-0.05, 0) is 18.9 Å². The smallest absolute Gasteiger partial charge is 0.255 e. The average molecular weight is 274 g/mol. The summed E-state index contributed by atoms with van der Waals surface area (Å²) in [6.07, 6.45) is 5.10. The van der Waals surface area contributed by atoms with E-state index in [4.69, 9.17) is 9.84 Å². The number of aromatic nitrogens is 1. The van der Waals surface area contributed by atoms with E-state index in [1.54, 1.807) is 25.6 Å². The summed E-state index contributed by atoms with van der Waals surface area (Å²) in [5, 5.41) is 8.68. The van der Waals surface area contributed by atoms with Gasteiger partial charge in [-0.15, -0.1) is 0 Å². The number of likely N-dealkylation sites (tertiary alicyclic amines) is 1. The number of aliphatic hydroxyl groups excluding tert-OH is 1. The summed E-state index contributed by atoms with van der Waals surface area (Å²) in [7, 11) is 1.70. The summed E-state index contributed by atoms with van der Waals surface area (Å²) in [4.78, 5) is 18.2. The Morgan fingerprint density at radius 2 is 2.25 bits per heavy atom. The van der Waals surface area contributed by atoms with Gasteiger partial charge in [-0.2, -0.15) is 0 Å². The summed E-state index contributed by atoms with van der Waals surface area (Å²) in [6.45, 7) is 1.19. The summed E-state index contributed by atoms with van der Waals surface area (Å²) < 4.78 is 5.30. The maximum atomic E-state index is 12.4. The van der Waals surface area contributed by atoms with Crippen LogP contribution in [0.25, 0.3) is 0 Å². The highest BCUT2D eigenvalue weighted by Crippen LogP contribution is 2.15. The molecule has 0 saturated carbocycles.